The first-order valence-electron chi connectivity index (χ1n) is 8.51. The van der Waals surface area contributed by atoms with Crippen LogP contribution in [0.15, 0.2) is 12.1 Å². The highest BCUT2D eigenvalue weighted by atomic mass is 28.4. The predicted octanol–water partition coefficient (Wildman–Crippen LogP) is 5.03. The van der Waals surface area contributed by atoms with Crippen molar-refractivity contribution >= 4 is 20.3 Å². The van der Waals surface area contributed by atoms with Crippen molar-refractivity contribution in [3.63, 3.8) is 0 Å². The quantitative estimate of drug-likeness (QED) is 0.177. The molecule has 0 aliphatic heterocycles. The van der Waals surface area contributed by atoms with Crippen molar-refractivity contribution in [2.24, 2.45) is 0 Å². The first kappa shape index (κ1) is 23.3. The third-order valence-corrected chi connectivity index (χ3v) is 6.80. The topological polar surface area (TPSA) is 42.0 Å². The van der Waals surface area contributed by atoms with Gasteiger partial charge in [-0.1, -0.05) is 8.96 Å². The third kappa shape index (κ3) is 6.43. The summed E-state index contributed by atoms with van der Waals surface area (Å²) in [5.74, 6) is -5.43. The van der Waals surface area contributed by atoms with Crippen LogP contribution < -0.4 is 5.12 Å². The molecule has 0 saturated carbocycles. The van der Waals surface area contributed by atoms with E-state index in [1.165, 1.54) is 0 Å². The molecule has 5 nitrogen and oxygen atoms in total. The zero-order valence-corrected chi connectivity index (χ0v) is 16.4. The molecule has 2 amide bonds. The first-order valence-corrected chi connectivity index (χ1v) is 11.0. The lowest BCUT2D eigenvalue weighted by Gasteiger charge is -2.26. The van der Waals surface area contributed by atoms with E-state index < -0.39 is 54.5 Å². The van der Waals surface area contributed by atoms with Gasteiger partial charge in [0.05, 0.1) is 6.54 Å². The molecule has 1 rings (SSSR count). The number of nitrogens with zero attached hydrogens (tertiary/aromatic N) is 2. The molecule has 0 N–H and O–H groups in total. The van der Waals surface area contributed by atoms with Crippen LogP contribution in [0.2, 0.25) is 12.6 Å². The second-order valence-corrected chi connectivity index (χ2v) is 9.15. The van der Waals surface area contributed by atoms with Crippen LogP contribution in [0.25, 0.3) is 0 Å². The Morgan fingerprint density at radius 2 is 1.63 bits per heavy atom. The van der Waals surface area contributed by atoms with Crippen molar-refractivity contribution < 1.29 is 35.8 Å². The Hall–Kier alpha value is -1.72. The van der Waals surface area contributed by atoms with Gasteiger partial charge >= 0.3 is 14.6 Å². The summed E-state index contributed by atoms with van der Waals surface area (Å²) in [4.78, 5) is 11.7. The summed E-state index contributed by atoms with van der Waals surface area (Å²) in [6.45, 7) is 6.03. The Balaban J connectivity index is 2.58. The van der Waals surface area contributed by atoms with Crippen LogP contribution in [0.5, 0.6) is 0 Å². The van der Waals surface area contributed by atoms with Gasteiger partial charge in [-0.2, -0.15) is 5.12 Å². The molecule has 1 aromatic carbocycles. The number of urea groups is 1. The van der Waals surface area contributed by atoms with Crippen LogP contribution in [0.4, 0.5) is 32.6 Å². The second-order valence-electron chi connectivity index (χ2n) is 5.80. The molecule has 0 unspecified atom stereocenters. The number of unbranched alkanes of at least 4 members (excludes halogenated alkanes) is 1. The van der Waals surface area contributed by atoms with E-state index in [2.05, 4.69) is 0 Å². The van der Waals surface area contributed by atoms with Crippen molar-refractivity contribution in [3.8, 4) is 0 Å². The number of amides is 2. The average Bonchev–Trinajstić information content (AvgIpc) is 2.62. The molecule has 0 bridgehead atoms. The summed E-state index contributed by atoms with van der Waals surface area (Å²) in [5.41, 5.74) is -1.21. The van der Waals surface area contributed by atoms with E-state index in [4.69, 9.17) is 8.85 Å². The summed E-state index contributed by atoms with van der Waals surface area (Å²) in [7, 11) is -2.38. The highest BCUT2D eigenvalue weighted by molar-refractivity contribution is 6.66. The fraction of sp³-hybridized carbons (Fsp3) is 0.562. The molecule has 27 heavy (non-hydrogen) atoms. The van der Waals surface area contributed by atoms with Crippen LogP contribution in [0.3, 0.4) is 0 Å². The molecule has 0 atom stereocenters. The van der Waals surface area contributed by atoms with Gasteiger partial charge < -0.3 is 8.85 Å². The van der Waals surface area contributed by atoms with Crippen LogP contribution in [-0.4, -0.2) is 39.5 Å². The maximum Gasteiger partial charge on any atom is 0.381 e. The Morgan fingerprint density at radius 1 is 1.04 bits per heavy atom. The smallest absolute Gasteiger partial charge is 0.381 e. The normalized spacial score (nSPS) is 11.6. The number of benzene rings is 1. The van der Waals surface area contributed by atoms with E-state index in [9.17, 15) is 26.9 Å². The van der Waals surface area contributed by atoms with Gasteiger partial charge in [0.2, 0.25) is 0 Å². The maximum absolute atomic E-state index is 13.9. The molecule has 0 spiro atoms. The molecule has 0 aliphatic rings. The molecule has 154 valence electrons. The SMILES string of the molecule is CCO[Si](C)(CCCCN(F)C(=O)N(F)c1ccc(F)c(F)c1F)OCC. The minimum atomic E-state index is -2.38. The molecule has 0 aromatic heterocycles. The van der Waals surface area contributed by atoms with Gasteiger partial charge in [0.1, 0.15) is 5.69 Å². The van der Waals surface area contributed by atoms with Crippen LogP contribution in [0.1, 0.15) is 26.7 Å². The molecule has 0 fully saturated rings. The molecule has 11 heteroatoms. The molecular weight excluding hydrogens is 391 g/mol. The van der Waals surface area contributed by atoms with E-state index in [0.29, 0.717) is 37.8 Å². The highest BCUT2D eigenvalue weighted by Crippen LogP contribution is 2.25. The minimum absolute atomic E-state index is 0.180. The van der Waals surface area contributed by atoms with Crippen molar-refractivity contribution in [1.82, 2.24) is 5.12 Å². The largest absolute Gasteiger partial charge is 0.395 e. The van der Waals surface area contributed by atoms with Gasteiger partial charge in [-0.25, -0.2) is 18.0 Å². The van der Waals surface area contributed by atoms with Gasteiger partial charge in [0.25, 0.3) is 0 Å². The Labute approximate surface area is 155 Å². The fourth-order valence-electron chi connectivity index (χ4n) is 2.45. The fourth-order valence-corrected chi connectivity index (χ4v) is 4.94. The third-order valence-electron chi connectivity index (χ3n) is 3.74. The van der Waals surface area contributed by atoms with Gasteiger partial charge in [-0.3, -0.25) is 0 Å². The number of anilines is 1. The average molecular weight is 414 g/mol. The van der Waals surface area contributed by atoms with Crippen LogP contribution >= 0.6 is 0 Å². The molecule has 0 heterocycles. The minimum Gasteiger partial charge on any atom is -0.395 e. The number of hydrogen-bond donors (Lipinski definition) is 0. The number of carbonyl (C=O) groups excluding carboxylic acids is 1. The number of carbonyl (C=O) groups is 1. The Morgan fingerprint density at radius 3 is 2.19 bits per heavy atom. The lowest BCUT2D eigenvalue weighted by Crippen LogP contribution is -2.39. The number of hydrogen-bond acceptors (Lipinski definition) is 3. The summed E-state index contributed by atoms with van der Waals surface area (Å²) in [6.07, 6.45) is 0.640. The number of halogens is 5. The first-order chi connectivity index (χ1) is 12.7. The monoisotopic (exact) mass is 414 g/mol. The van der Waals surface area contributed by atoms with Gasteiger partial charge in [-0.15, -0.1) is 5.12 Å². The van der Waals surface area contributed by atoms with Crippen LogP contribution in [0, 0.1) is 17.5 Å². The molecular formula is C16H23F5N2O3Si. The number of rotatable bonds is 10. The van der Waals surface area contributed by atoms with Crippen molar-refractivity contribution in [1.29, 1.82) is 0 Å². The molecule has 1 aromatic rings. The zero-order chi connectivity index (χ0) is 20.6. The summed E-state index contributed by atoms with van der Waals surface area (Å²) >= 11 is 0. The van der Waals surface area contributed by atoms with Crippen molar-refractivity contribution in [3.05, 3.63) is 29.6 Å². The second kappa shape index (κ2) is 10.6. The standard InChI is InChI=1S/C16H23F5N2O3Si/c1-4-25-27(3,26-5-2)11-7-6-10-22(20)16(24)23(21)13-9-8-12(17)14(18)15(13)19/h8-9H,4-7,10-11H2,1-3H3. The van der Waals surface area contributed by atoms with E-state index >= 15 is 0 Å². The van der Waals surface area contributed by atoms with Crippen molar-refractivity contribution in [2.75, 3.05) is 24.9 Å². The highest BCUT2D eigenvalue weighted by Gasteiger charge is 2.31. The van der Waals surface area contributed by atoms with Gasteiger partial charge in [0, 0.05) is 13.2 Å². The maximum atomic E-state index is 13.9. The Bertz CT molecular complexity index is 632. The summed E-state index contributed by atoms with van der Waals surface area (Å²) < 4.78 is 78.4. The summed E-state index contributed by atoms with van der Waals surface area (Å²) in [5, 5.41) is -1.36. The van der Waals surface area contributed by atoms with E-state index in [0.717, 1.165) is 0 Å². The van der Waals surface area contributed by atoms with Crippen molar-refractivity contribution in [2.45, 2.75) is 39.3 Å². The van der Waals surface area contributed by atoms with Gasteiger partial charge in [-0.05, 0) is 51.4 Å². The van der Waals surface area contributed by atoms with E-state index in [1.54, 1.807) is 0 Å². The lowest BCUT2D eigenvalue weighted by molar-refractivity contribution is 0.0618. The summed E-state index contributed by atoms with van der Waals surface area (Å²) in [6, 6.07) is -0.355. The molecule has 0 aliphatic carbocycles. The lowest BCUT2D eigenvalue weighted by atomic mass is 10.3. The van der Waals surface area contributed by atoms with Gasteiger partial charge in [0.15, 0.2) is 17.5 Å². The van der Waals surface area contributed by atoms with Crippen LogP contribution in [-0.2, 0) is 8.85 Å². The molecule has 0 radical (unpaired) electrons. The molecule has 0 saturated heterocycles. The van der Waals surface area contributed by atoms with E-state index in [-0.39, 0.29) is 6.42 Å². The van der Waals surface area contributed by atoms with E-state index in [1.807, 2.05) is 20.4 Å². The predicted molar refractivity (Wildman–Crippen MR) is 92.0 cm³/mol. The Kier molecular flexibility index (Phi) is 9.13. The zero-order valence-electron chi connectivity index (χ0n) is 15.4.